The zero-order valence-electron chi connectivity index (χ0n) is 9.18. The van der Waals surface area contributed by atoms with Gasteiger partial charge in [-0.2, -0.15) is 0 Å². The standard InChI is InChI=1S/C13H14N2O/c1-10-7-8-15-13(14)12(10)16-9-11-5-3-2-4-6-11/h2-8H,9H2,1H3,(H2,14,15). The van der Waals surface area contributed by atoms with Crippen LogP contribution < -0.4 is 10.5 Å². The quantitative estimate of drug-likeness (QED) is 0.854. The first-order valence-electron chi connectivity index (χ1n) is 5.15. The van der Waals surface area contributed by atoms with Crippen molar-refractivity contribution in [1.29, 1.82) is 0 Å². The molecule has 3 heteroatoms. The summed E-state index contributed by atoms with van der Waals surface area (Å²) >= 11 is 0. The Hall–Kier alpha value is -2.03. The third kappa shape index (κ3) is 2.31. The minimum atomic E-state index is 0.441. The van der Waals surface area contributed by atoms with E-state index in [0.717, 1.165) is 11.1 Å². The molecule has 0 saturated heterocycles. The third-order valence-corrected chi connectivity index (χ3v) is 2.35. The van der Waals surface area contributed by atoms with Crippen molar-refractivity contribution in [1.82, 2.24) is 4.98 Å². The average molecular weight is 214 g/mol. The zero-order valence-corrected chi connectivity index (χ0v) is 9.18. The summed E-state index contributed by atoms with van der Waals surface area (Å²) in [4.78, 5) is 4.01. The fourth-order valence-electron chi connectivity index (χ4n) is 1.48. The first kappa shape index (κ1) is 10.5. The number of rotatable bonds is 3. The second-order valence-corrected chi connectivity index (χ2v) is 3.62. The highest BCUT2D eigenvalue weighted by Crippen LogP contribution is 2.23. The Labute approximate surface area is 94.9 Å². The molecule has 0 saturated carbocycles. The molecule has 1 heterocycles. The number of nitrogens with two attached hydrogens (primary N) is 1. The Kier molecular flexibility index (Phi) is 3.05. The number of pyridine rings is 1. The lowest BCUT2D eigenvalue weighted by Gasteiger charge is -2.10. The lowest BCUT2D eigenvalue weighted by molar-refractivity contribution is 0.305. The molecule has 0 aliphatic carbocycles. The summed E-state index contributed by atoms with van der Waals surface area (Å²) in [7, 11) is 0. The van der Waals surface area contributed by atoms with E-state index < -0.39 is 0 Å². The van der Waals surface area contributed by atoms with Crippen LogP contribution in [0.15, 0.2) is 42.6 Å². The van der Waals surface area contributed by atoms with Crippen LogP contribution in [0, 0.1) is 6.92 Å². The van der Waals surface area contributed by atoms with E-state index in [0.29, 0.717) is 18.2 Å². The van der Waals surface area contributed by atoms with Gasteiger partial charge in [0.05, 0.1) is 0 Å². The Balaban J connectivity index is 2.11. The van der Waals surface area contributed by atoms with Crippen LogP contribution in [0.25, 0.3) is 0 Å². The highest BCUT2D eigenvalue weighted by Gasteiger charge is 2.04. The lowest BCUT2D eigenvalue weighted by Crippen LogP contribution is -2.01. The van der Waals surface area contributed by atoms with Gasteiger partial charge in [0.1, 0.15) is 6.61 Å². The van der Waals surface area contributed by atoms with Gasteiger partial charge in [-0.3, -0.25) is 0 Å². The van der Waals surface area contributed by atoms with Crippen molar-refractivity contribution in [2.75, 3.05) is 5.73 Å². The number of nitrogens with zero attached hydrogens (tertiary/aromatic N) is 1. The normalized spacial score (nSPS) is 10.1. The number of anilines is 1. The highest BCUT2D eigenvalue weighted by molar-refractivity contribution is 5.50. The predicted octanol–water partition coefficient (Wildman–Crippen LogP) is 2.55. The van der Waals surface area contributed by atoms with E-state index in [2.05, 4.69) is 4.98 Å². The van der Waals surface area contributed by atoms with E-state index in [1.807, 2.05) is 43.3 Å². The Bertz CT molecular complexity index is 448. The first-order valence-corrected chi connectivity index (χ1v) is 5.15. The molecule has 0 amide bonds. The zero-order chi connectivity index (χ0) is 11.4. The van der Waals surface area contributed by atoms with Gasteiger partial charge in [0, 0.05) is 6.20 Å². The number of ether oxygens (including phenoxy) is 1. The number of aryl methyl sites for hydroxylation is 1. The smallest absolute Gasteiger partial charge is 0.166 e. The molecule has 3 nitrogen and oxygen atoms in total. The molecule has 16 heavy (non-hydrogen) atoms. The minimum Gasteiger partial charge on any atom is -0.485 e. The Morgan fingerprint density at radius 2 is 1.94 bits per heavy atom. The fourth-order valence-corrected chi connectivity index (χ4v) is 1.48. The maximum atomic E-state index is 5.75. The second kappa shape index (κ2) is 4.66. The molecule has 2 aromatic rings. The summed E-state index contributed by atoms with van der Waals surface area (Å²) < 4.78 is 5.67. The molecule has 0 radical (unpaired) electrons. The first-order chi connectivity index (χ1) is 7.77. The number of benzene rings is 1. The molecule has 82 valence electrons. The van der Waals surface area contributed by atoms with Gasteiger partial charge >= 0.3 is 0 Å². The summed E-state index contributed by atoms with van der Waals surface area (Å²) in [6.07, 6.45) is 1.68. The molecular weight excluding hydrogens is 200 g/mol. The van der Waals surface area contributed by atoms with Crippen LogP contribution in [0.5, 0.6) is 5.75 Å². The van der Waals surface area contributed by atoms with Crippen molar-refractivity contribution in [2.45, 2.75) is 13.5 Å². The Morgan fingerprint density at radius 1 is 1.19 bits per heavy atom. The summed E-state index contributed by atoms with van der Waals surface area (Å²) in [6.45, 7) is 2.47. The minimum absolute atomic E-state index is 0.441. The van der Waals surface area contributed by atoms with Gasteiger partial charge in [0.2, 0.25) is 0 Å². The maximum Gasteiger partial charge on any atom is 0.166 e. The van der Waals surface area contributed by atoms with Crippen molar-refractivity contribution in [3.63, 3.8) is 0 Å². The SMILES string of the molecule is Cc1ccnc(N)c1OCc1ccccc1. The van der Waals surface area contributed by atoms with Crippen LogP contribution in [0.4, 0.5) is 5.82 Å². The van der Waals surface area contributed by atoms with Gasteiger partial charge in [-0.05, 0) is 24.1 Å². The molecular formula is C13H14N2O. The van der Waals surface area contributed by atoms with Crippen LogP contribution in [-0.4, -0.2) is 4.98 Å². The Morgan fingerprint density at radius 3 is 2.62 bits per heavy atom. The highest BCUT2D eigenvalue weighted by atomic mass is 16.5. The van der Waals surface area contributed by atoms with Crippen molar-refractivity contribution in [2.24, 2.45) is 0 Å². The molecule has 0 unspecified atom stereocenters. The predicted molar refractivity (Wildman–Crippen MR) is 64.2 cm³/mol. The summed E-state index contributed by atoms with van der Waals surface area (Å²) in [5.74, 6) is 1.11. The van der Waals surface area contributed by atoms with Crippen LogP contribution in [-0.2, 0) is 6.61 Å². The van der Waals surface area contributed by atoms with Crippen molar-refractivity contribution in [3.05, 3.63) is 53.7 Å². The molecule has 1 aromatic heterocycles. The largest absolute Gasteiger partial charge is 0.485 e. The van der Waals surface area contributed by atoms with E-state index in [1.165, 1.54) is 0 Å². The molecule has 0 aliphatic heterocycles. The summed E-state index contributed by atoms with van der Waals surface area (Å²) in [5, 5.41) is 0. The average Bonchev–Trinajstić information content (AvgIpc) is 2.30. The number of hydrogen-bond donors (Lipinski definition) is 1. The van der Waals surface area contributed by atoms with E-state index in [9.17, 15) is 0 Å². The molecule has 0 aliphatic rings. The topological polar surface area (TPSA) is 48.1 Å². The molecule has 2 rings (SSSR count). The number of nitrogen functional groups attached to an aromatic ring is 1. The van der Waals surface area contributed by atoms with E-state index >= 15 is 0 Å². The van der Waals surface area contributed by atoms with Crippen LogP contribution in [0.1, 0.15) is 11.1 Å². The van der Waals surface area contributed by atoms with E-state index in [1.54, 1.807) is 6.20 Å². The van der Waals surface area contributed by atoms with Crippen molar-refractivity contribution < 1.29 is 4.74 Å². The van der Waals surface area contributed by atoms with E-state index in [4.69, 9.17) is 10.5 Å². The number of aromatic nitrogens is 1. The second-order valence-electron chi connectivity index (χ2n) is 3.62. The van der Waals surface area contributed by atoms with Crippen LogP contribution in [0.2, 0.25) is 0 Å². The van der Waals surface area contributed by atoms with Gasteiger partial charge in [-0.25, -0.2) is 4.98 Å². The molecule has 0 fully saturated rings. The van der Waals surface area contributed by atoms with Gasteiger partial charge in [-0.15, -0.1) is 0 Å². The monoisotopic (exact) mass is 214 g/mol. The molecule has 2 N–H and O–H groups in total. The summed E-state index contributed by atoms with van der Waals surface area (Å²) in [6, 6.07) is 11.9. The van der Waals surface area contributed by atoms with Crippen molar-refractivity contribution in [3.8, 4) is 5.75 Å². The van der Waals surface area contributed by atoms with Crippen LogP contribution in [0.3, 0.4) is 0 Å². The third-order valence-electron chi connectivity index (χ3n) is 2.35. The molecule has 1 aromatic carbocycles. The summed E-state index contributed by atoms with van der Waals surface area (Å²) in [5.41, 5.74) is 7.87. The number of hydrogen-bond acceptors (Lipinski definition) is 3. The van der Waals surface area contributed by atoms with Gasteiger partial charge in [0.25, 0.3) is 0 Å². The molecule has 0 spiro atoms. The fraction of sp³-hybridized carbons (Fsp3) is 0.154. The van der Waals surface area contributed by atoms with E-state index in [-0.39, 0.29) is 0 Å². The molecule has 0 bridgehead atoms. The lowest BCUT2D eigenvalue weighted by atomic mass is 10.2. The van der Waals surface area contributed by atoms with Gasteiger partial charge < -0.3 is 10.5 Å². The van der Waals surface area contributed by atoms with Gasteiger partial charge in [0.15, 0.2) is 11.6 Å². The van der Waals surface area contributed by atoms with Crippen LogP contribution >= 0.6 is 0 Å². The van der Waals surface area contributed by atoms with Crippen molar-refractivity contribution >= 4 is 5.82 Å². The molecule has 0 atom stereocenters. The maximum absolute atomic E-state index is 5.75. The van der Waals surface area contributed by atoms with Gasteiger partial charge in [-0.1, -0.05) is 30.3 Å².